The highest BCUT2D eigenvalue weighted by Crippen LogP contribution is 2.34. The topological polar surface area (TPSA) is 106 Å². The van der Waals surface area contributed by atoms with E-state index in [4.69, 9.17) is 11.6 Å². The van der Waals surface area contributed by atoms with E-state index in [0.29, 0.717) is 30.7 Å². The molecule has 0 unspecified atom stereocenters. The first-order valence-electron chi connectivity index (χ1n) is 8.88. The molecule has 1 aromatic heterocycles. The van der Waals surface area contributed by atoms with Crippen LogP contribution in [-0.4, -0.2) is 53.8 Å². The second-order valence-electron chi connectivity index (χ2n) is 6.77. The largest absolute Gasteiger partial charge is 0.416 e. The number of nitrogens with zero attached hydrogens (tertiary/aromatic N) is 2. The number of aromatic amines is 2. The zero-order valence-corrected chi connectivity index (χ0v) is 17.1. The monoisotopic (exact) mass is 466 g/mol. The maximum Gasteiger partial charge on any atom is 0.416 e. The molecule has 13 heteroatoms. The van der Waals surface area contributed by atoms with Gasteiger partial charge in [0.25, 0.3) is 5.56 Å². The number of hydrogen-bond acceptors (Lipinski definition) is 5. The third-order valence-corrected chi connectivity index (χ3v) is 7.10. The second-order valence-corrected chi connectivity index (χ2v) is 9.09. The molecule has 1 aliphatic heterocycles. The fraction of sp³-hybridized carbons (Fsp3) is 0.412. The van der Waals surface area contributed by atoms with Gasteiger partial charge in [-0.25, -0.2) is 13.2 Å². The predicted molar refractivity (Wildman–Crippen MR) is 103 cm³/mol. The number of hydrogen-bond donors (Lipinski definition) is 2. The van der Waals surface area contributed by atoms with Gasteiger partial charge in [0.15, 0.2) is 0 Å². The maximum absolute atomic E-state index is 12.9. The van der Waals surface area contributed by atoms with Crippen molar-refractivity contribution in [2.45, 2.75) is 24.0 Å². The molecule has 2 aromatic rings. The Morgan fingerprint density at radius 1 is 1.10 bits per heavy atom. The fourth-order valence-corrected chi connectivity index (χ4v) is 5.16. The number of rotatable bonds is 4. The minimum Gasteiger partial charge on any atom is -0.314 e. The van der Waals surface area contributed by atoms with Crippen LogP contribution in [0.2, 0.25) is 5.02 Å². The van der Waals surface area contributed by atoms with Gasteiger partial charge < -0.3 is 4.98 Å². The molecule has 30 heavy (non-hydrogen) atoms. The van der Waals surface area contributed by atoms with Crippen LogP contribution in [0.4, 0.5) is 13.2 Å². The Morgan fingerprint density at radius 2 is 1.83 bits per heavy atom. The van der Waals surface area contributed by atoms with Crippen LogP contribution in [0.15, 0.2) is 38.9 Å². The molecule has 8 nitrogen and oxygen atoms in total. The van der Waals surface area contributed by atoms with Crippen LogP contribution in [0.3, 0.4) is 0 Å². The van der Waals surface area contributed by atoms with Crippen LogP contribution in [-0.2, 0) is 22.7 Å². The molecular weight excluding hydrogens is 449 g/mol. The van der Waals surface area contributed by atoms with E-state index in [9.17, 15) is 31.2 Å². The molecule has 1 aromatic carbocycles. The number of aromatic nitrogens is 2. The number of benzene rings is 1. The lowest BCUT2D eigenvalue weighted by Gasteiger charge is -2.22. The highest BCUT2D eigenvalue weighted by atomic mass is 35.5. The molecule has 2 N–H and O–H groups in total. The summed E-state index contributed by atoms with van der Waals surface area (Å²) in [5, 5.41) is -0.495. The predicted octanol–water partition coefficient (Wildman–Crippen LogP) is 1.63. The van der Waals surface area contributed by atoms with Crippen LogP contribution in [0.5, 0.6) is 0 Å². The van der Waals surface area contributed by atoms with Crippen molar-refractivity contribution < 1.29 is 21.6 Å². The summed E-state index contributed by atoms with van der Waals surface area (Å²) in [6.07, 6.45) is -2.88. The Morgan fingerprint density at radius 3 is 2.47 bits per heavy atom. The molecule has 1 saturated heterocycles. The molecule has 2 heterocycles. The molecule has 1 aliphatic rings. The first-order valence-corrected chi connectivity index (χ1v) is 10.7. The lowest BCUT2D eigenvalue weighted by atomic mass is 10.2. The van der Waals surface area contributed by atoms with Crippen molar-refractivity contribution in [2.75, 3.05) is 26.2 Å². The summed E-state index contributed by atoms with van der Waals surface area (Å²) >= 11 is 5.86. The van der Waals surface area contributed by atoms with Crippen molar-refractivity contribution in [3.63, 3.8) is 0 Å². The van der Waals surface area contributed by atoms with E-state index >= 15 is 0 Å². The van der Waals surface area contributed by atoms with Gasteiger partial charge in [0.1, 0.15) is 4.90 Å². The summed E-state index contributed by atoms with van der Waals surface area (Å²) in [5.74, 6) is 0. The SMILES string of the molecule is O=c1[nH]cc(CN2CCCN(S(=O)(=O)c3ccc(C(F)(F)F)cc3Cl)CC2)c(=O)[nH]1. The molecule has 0 aliphatic carbocycles. The molecule has 3 rings (SSSR count). The van der Waals surface area contributed by atoms with Gasteiger partial charge in [-0.15, -0.1) is 0 Å². The van der Waals surface area contributed by atoms with E-state index in [1.54, 1.807) is 0 Å². The van der Waals surface area contributed by atoms with Crippen molar-refractivity contribution >= 4 is 21.6 Å². The van der Waals surface area contributed by atoms with E-state index < -0.39 is 38.0 Å². The molecule has 164 valence electrons. The van der Waals surface area contributed by atoms with Crippen LogP contribution in [0, 0.1) is 0 Å². The van der Waals surface area contributed by atoms with Gasteiger partial charge in [-0.1, -0.05) is 11.6 Å². The number of H-pyrrole nitrogens is 2. The molecule has 0 bridgehead atoms. The third-order valence-electron chi connectivity index (χ3n) is 4.71. The molecular formula is C17H18ClF3N4O4S. The van der Waals surface area contributed by atoms with Crippen LogP contribution in [0.1, 0.15) is 17.5 Å². The molecule has 0 spiro atoms. The van der Waals surface area contributed by atoms with Gasteiger partial charge >= 0.3 is 11.9 Å². The Bertz CT molecular complexity index is 1150. The second kappa shape index (κ2) is 8.53. The summed E-state index contributed by atoms with van der Waals surface area (Å²) in [6.45, 7) is 1.21. The molecule has 1 fully saturated rings. The maximum atomic E-state index is 12.9. The summed E-state index contributed by atoms with van der Waals surface area (Å²) in [7, 11) is -4.10. The van der Waals surface area contributed by atoms with E-state index in [1.807, 2.05) is 4.90 Å². The zero-order valence-electron chi connectivity index (χ0n) is 15.5. The van der Waals surface area contributed by atoms with Crippen molar-refractivity contribution in [1.82, 2.24) is 19.2 Å². The summed E-state index contributed by atoms with van der Waals surface area (Å²) in [5.41, 5.74) is -1.84. The van der Waals surface area contributed by atoms with Crippen LogP contribution >= 0.6 is 11.6 Å². The number of nitrogens with one attached hydrogen (secondary N) is 2. The zero-order chi connectivity index (χ0) is 22.1. The van der Waals surface area contributed by atoms with Crippen molar-refractivity contribution in [2.24, 2.45) is 0 Å². The number of halogens is 4. The fourth-order valence-electron chi connectivity index (χ4n) is 3.17. The van der Waals surface area contributed by atoms with Gasteiger partial charge in [-0.3, -0.25) is 14.7 Å². The van der Waals surface area contributed by atoms with Gasteiger partial charge in [-0.05, 0) is 31.2 Å². The lowest BCUT2D eigenvalue weighted by molar-refractivity contribution is -0.137. The van der Waals surface area contributed by atoms with Crippen molar-refractivity contribution in [3.05, 3.63) is 61.4 Å². The van der Waals surface area contributed by atoms with Gasteiger partial charge in [-0.2, -0.15) is 17.5 Å². The Kier molecular flexibility index (Phi) is 6.41. The lowest BCUT2D eigenvalue weighted by Crippen LogP contribution is -2.36. The average molecular weight is 467 g/mol. The van der Waals surface area contributed by atoms with Crippen LogP contribution in [0.25, 0.3) is 0 Å². The summed E-state index contributed by atoms with van der Waals surface area (Å²) in [6, 6.07) is 2.15. The highest BCUT2D eigenvalue weighted by Gasteiger charge is 2.34. The first-order chi connectivity index (χ1) is 14.0. The Balaban J connectivity index is 1.75. The van der Waals surface area contributed by atoms with E-state index in [0.717, 1.165) is 6.07 Å². The van der Waals surface area contributed by atoms with Gasteiger partial charge in [0.2, 0.25) is 10.0 Å². The van der Waals surface area contributed by atoms with Crippen molar-refractivity contribution in [3.8, 4) is 0 Å². The molecule has 0 radical (unpaired) electrons. The first kappa shape index (κ1) is 22.5. The average Bonchev–Trinajstić information content (AvgIpc) is 2.89. The van der Waals surface area contributed by atoms with Gasteiger partial charge in [0.05, 0.1) is 10.6 Å². The summed E-state index contributed by atoms with van der Waals surface area (Å²) < 4.78 is 65.4. The minimum absolute atomic E-state index is 0.0704. The standard InChI is InChI=1S/C17H18ClF3N4O4S/c18-13-8-12(17(19,20)21)2-3-14(13)30(28,29)25-5-1-4-24(6-7-25)10-11-9-22-16(27)23-15(11)26/h2-3,8-9H,1,4-7,10H2,(H2,22,23,26,27). The third kappa shape index (κ3) is 4.94. The minimum atomic E-state index is -4.63. The Hall–Kier alpha value is -2.15. The quantitative estimate of drug-likeness (QED) is 0.712. The molecule has 0 atom stereocenters. The molecule has 0 saturated carbocycles. The molecule has 0 amide bonds. The van der Waals surface area contributed by atoms with E-state index in [1.165, 1.54) is 10.5 Å². The normalized spacial score (nSPS) is 17.1. The highest BCUT2D eigenvalue weighted by molar-refractivity contribution is 7.89. The Labute approximate surface area is 174 Å². The van der Waals surface area contributed by atoms with Gasteiger partial charge in [0, 0.05) is 37.9 Å². The number of sulfonamides is 1. The number of alkyl halides is 3. The van der Waals surface area contributed by atoms with E-state index in [-0.39, 0.29) is 31.1 Å². The van der Waals surface area contributed by atoms with Crippen LogP contribution < -0.4 is 11.2 Å². The van der Waals surface area contributed by atoms with E-state index in [2.05, 4.69) is 9.97 Å². The van der Waals surface area contributed by atoms with Crippen molar-refractivity contribution in [1.29, 1.82) is 0 Å². The smallest absolute Gasteiger partial charge is 0.314 e. The summed E-state index contributed by atoms with van der Waals surface area (Å²) in [4.78, 5) is 28.9.